The van der Waals surface area contributed by atoms with Crippen LogP contribution in [-0.2, 0) is 11.8 Å². The van der Waals surface area contributed by atoms with Crippen LogP contribution in [0.5, 0.6) is 0 Å². The number of hydrogen-bond acceptors (Lipinski definition) is 7. The van der Waals surface area contributed by atoms with Gasteiger partial charge >= 0.3 is 0 Å². The van der Waals surface area contributed by atoms with E-state index in [1.165, 1.54) is 20.1 Å². The Hall–Kier alpha value is -3.96. The topological polar surface area (TPSA) is 93.6 Å². The highest BCUT2D eigenvalue weighted by Gasteiger charge is 2.38. The van der Waals surface area contributed by atoms with Gasteiger partial charge in [0.05, 0.1) is 21.8 Å². The second-order valence-electron chi connectivity index (χ2n) is 9.77. The summed E-state index contributed by atoms with van der Waals surface area (Å²) >= 11 is 6.64. The predicted octanol–water partition coefficient (Wildman–Crippen LogP) is 4.27. The van der Waals surface area contributed by atoms with Gasteiger partial charge in [-0.1, -0.05) is 62.1 Å². The molecule has 200 valence electrons. The minimum absolute atomic E-state index is 0.189. The standard InChI is InChI=1S/C28H28N6O3S2/c1-16(2)15-29-23-20(25(35)32-13-9-10-17(3)24(32)30-23)14-21-26(36)33(28(38)39-21)22-18(4)31(5)34(27(22)37)19-11-7-6-8-12-19/h6-14,16,29H,15H2,1-5H3/b21-14+. The third-order valence-corrected chi connectivity index (χ3v) is 7.88. The Morgan fingerprint density at radius 1 is 1.05 bits per heavy atom. The summed E-state index contributed by atoms with van der Waals surface area (Å²) in [4.78, 5) is 47.1. The molecule has 1 aromatic carbocycles. The van der Waals surface area contributed by atoms with Gasteiger partial charge in [0, 0.05) is 19.8 Å². The van der Waals surface area contributed by atoms with E-state index in [-0.39, 0.29) is 31.6 Å². The van der Waals surface area contributed by atoms with Crippen molar-refractivity contribution < 1.29 is 4.79 Å². The number of para-hydroxylation sites is 1. The van der Waals surface area contributed by atoms with Crippen LogP contribution >= 0.6 is 24.0 Å². The molecule has 4 heterocycles. The molecule has 0 spiro atoms. The number of aryl methyl sites for hydroxylation is 1. The Labute approximate surface area is 234 Å². The number of thioether (sulfide) groups is 1. The van der Waals surface area contributed by atoms with Gasteiger partial charge in [0.15, 0.2) is 4.32 Å². The molecule has 11 heteroatoms. The molecule has 0 radical (unpaired) electrons. The van der Waals surface area contributed by atoms with E-state index in [9.17, 15) is 14.4 Å². The fourth-order valence-electron chi connectivity index (χ4n) is 4.48. The van der Waals surface area contributed by atoms with Crippen molar-refractivity contribution in [3.05, 3.63) is 91.1 Å². The predicted molar refractivity (Wildman–Crippen MR) is 161 cm³/mol. The molecule has 0 atom stereocenters. The first-order chi connectivity index (χ1) is 18.6. The molecule has 0 saturated carbocycles. The smallest absolute Gasteiger partial charge is 0.296 e. The number of fused-ring (bicyclic) bond motifs is 1. The first-order valence-corrected chi connectivity index (χ1v) is 13.7. The van der Waals surface area contributed by atoms with Gasteiger partial charge in [0.25, 0.3) is 17.0 Å². The van der Waals surface area contributed by atoms with Gasteiger partial charge < -0.3 is 5.32 Å². The Bertz CT molecular complexity index is 1780. The fourth-order valence-corrected chi connectivity index (χ4v) is 5.73. The molecule has 39 heavy (non-hydrogen) atoms. The van der Waals surface area contributed by atoms with E-state index in [0.29, 0.717) is 35.3 Å². The highest BCUT2D eigenvalue weighted by Crippen LogP contribution is 2.36. The van der Waals surface area contributed by atoms with Gasteiger partial charge in [-0.25, -0.2) is 9.67 Å². The van der Waals surface area contributed by atoms with Crippen molar-refractivity contribution in [2.75, 3.05) is 16.8 Å². The van der Waals surface area contributed by atoms with Crippen molar-refractivity contribution in [2.45, 2.75) is 27.7 Å². The summed E-state index contributed by atoms with van der Waals surface area (Å²) in [6.45, 7) is 8.37. The summed E-state index contributed by atoms with van der Waals surface area (Å²) in [6.07, 6.45) is 3.19. The molecule has 0 bridgehead atoms. The van der Waals surface area contributed by atoms with Crippen LogP contribution in [0, 0.1) is 19.8 Å². The maximum absolute atomic E-state index is 13.7. The number of thiocarbonyl (C=S) groups is 1. The molecule has 4 aromatic rings. The number of carbonyl (C=O) groups is 1. The number of amides is 1. The highest BCUT2D eigenvalue weighted by atomic mass is 32.2. The summed E-state index contributed by atoms with van der Waals surface area (Å²) in [7, 11) is 1.76. The van der Waals surface area contributed by atoms with Crippen LogP contribution in [0.4, 0.5) is 11.5 Å². The van der Waals surface area contributed by atoms with E-state index in [0.717, 1.165) is 17.3 Å². The molecule has 1 aliphatic rings. The minimum Gasteiger partial charge on any atom is -0.369 e. The van der Waals surface area contributed by atoms with E-state index >= 15 is 0 Å². The molecular weight excluding hydrogens is 532 g/mol. The molecule has 5 rings (SSSR count). The largest absolute Gasteiger partial charge is 0.369 e. The summed E-state index contributed by atoms with van der Waals surface area (Å²) in [5.74, 6) is 0.246. The minimum atomic E-state index is -0.459. The Morgan fingerprint density at radius 2 is 1.77 bits per heavy atom. The number of benzene rings is 1. The number of hydrogen-bond donors (Lipinski definition) is 1. The molecule has 1 saturated heterocycles. The average molecular weight is 561 g/mol. The zero-order valence-electron chi connectivity index (χ0n) is 22.3. The average Bonchev–Trinajstić information content (AvgIpc) is 3.30. The van der Waals surface area contributed by atoms with E-state index < -0.39 is 5.91 Å². The third kappa shape index (κ3) is 4.61. The van der Waals surface area contributed by atoms with Gasteiger partial charge in [0.2, 0.25) is 0 Å². The van der Waals surface area contributed by atoms with Crippen molar-refractivity contribution in [2.24, 2.45) is 13.0 Å². The maximum atomic E-state index is 13.7. The zero-order chi connectivity index (χ0) is 28.0. The first-order valence-electron chi connectivity index (χ1n) is 12.5. The van der Waals surface area contributed by atoms with E-state index in [1.54, 1.807) is 30.9 Å². The van der Waals surface area contributed by atoms with Crippen LogP contribution in [0.3, 0.4) is 0 Å². The van der Waals surface area contributed by atoms with E-state index in [1.807, 2.05) is 43.3 Å². The summed E-state index contributed by atoms with van der Waals surface area (Å²) in [6, 6.07) is 12.9. The summed E-state index contributed by atoms with van der Waals surface area (Å²) < 4.78 is 4.90. The second-order valence-corrected chi connectivity index (χ2v) is 11.4. The number of nitrogens with zero attached hydrogens (tertiary/aromatic N) is 5. The van der Waals surface area contributed by atoms with Gasteiger partial charge in [0.1, 0.15) is 17.2 Å². The summed E-state index contributed by atoms with van der Waals surface area (Å²) in [5, 5.41) is 3.27. The van der Waals surface area contributed by atoms with Crippen LogP contribution in [0.1, 0.15) is 30.7 Å². The Kier molecular flexibility index (Phi) is 7.04. The van der Waals surface area contributed by atoms with Crippen molar-refractivity contribution in [3.8, 4) is 5.69 Å². The van der Waals surface area contributed by atoms with Gasteiger partial charge in [-0.05, 0) is 49.6 Å². The maximum Gasteiger partial charge on any atom is 0.296 e. The van der Waals surface area contributed by atoms with Crippen molar-refractivity contribution in [1.29, 1.82) is 0 Å². The number of nitrogens with one attached hydrogen (secondary N) is 1. The third-order valence-electron chi connectivity index (χ3n) is 6.58. The number of rotatable bonds is 6. The van der Waals surface area contributed by atoms with Crippen LogP contribution in [0.2, 0.25) is 0 Å². The molecule has 3 aromatic heterocycles. The monoisotopic (exact) mass is 560 g/mol. The van der Waals surface area contributed by atoms with Crippen LogP contribution in [0.15, 0.2) is 63.2 Å². The van der Waals surface area contributed by atoms with Gasteiger partial charge in [-0.2, -0.15) is 0 Å². The lowest BCUT2D eigenvalue weighted by Gasteiger charge is -2.14. The molecule has 9 nitrogen and oxygen atoms in total. The van der Waals surface area contributed by atoms with Crippen LogP contribution in [-0.4, -0.2) is 35.5 Å². The molecule has 0 aliphatic carbocycles. The normalized spacial score (nSPS) is 14.8. The van der Waals surface area contributed by atoms with Crippen molar-refractivity contribution in [1.82, 2.24) is 18.7 Å². The molecular formula is C28H28N6O3S2. The lowest BCUT2D eigenvalue weighted by molar-refractivity contribution is -0.113. The molecule has 1 aliphatic heterocycles. The molecule has 1 amide bonds. The summed E-state index contributed by atoms with van der Waals surface area (Å²) in [5.41, 5.74) is 2.44. The van der Waals surface area contributed by atoms with Gasteiger partial charge in [-0.3, -0.25) is 28.4 Å². The number of anilines is 2. The lowest BCUT2D eigenvalue weighted by Crippen LogP contribution is -2.33. The first kappa shape index (κ1) is 26.6. The highest BCUT2D eigenvalue weighted by molar-refractivity contribution is 8.27. The molecule has 0 unspecified atom stereocenters. The van der Waals surface area contributed by atoms with E-state index in [4.69, 9.17) is 17.2 Å². The second kappa shape index (κ2) is 10.3. The van der Waals surface area contributed by atoms with Crippen LogP contribution in [0.25, 0.3) is 17.4 Å². The SMILES string of the molecule is Cc1cccn2c(=O)c(/C=C3/SC(=S)N(c4c(C)n(C)n(-c5ccccc5)c4=O)C3=O)c(NCC(C)C)nc12. The Balaban J connectivity index is 1.62. The lowest BCUT2D eigenvalue weighted by atomic mass is 10.2. The molecule has 1 N–H and O–H groups in total. The van der Waals surface area contributed by atoms with Crippen molar-refractivity contribution >= 4 is 57.4 Å². The number of pyridine rings is 1. The van der Waals surface area contributed by atoms with Crippen LogP contribution < -0.4 is 21.3 Å². The zero-order valence-corrected chi connectivity index (χ0v) is 23.9. The molecule has 1 fully saturated rings. The van der Waals surface area contributed by atoms with E-state index in [2.05, 4.69) is 19.2 Å². The van der Waals surface area contributed by atoms with Gasteiger partial charge in [-0.15, -0.1) is 0 Å². The number of carbonyl (C=O) groups excluding carboxylic acids is 1. The van der Waals surface area contributed by atoms with Crippen molar-refractivity contribution in [3.63, 3.8) is 0 Å². The number of aromatic nitrogens is 4. The Morgan fingerprint density at radius 3 is 2.46 bits per heavy atom. The quantitative estimate of drug-likeness (QED) is 0.278. The fraction of sp³-hybridized carbons (Fsp3) is 0.250.